The maximum Gasteiger partial charge on any atom is 0.309 e. The molecule has 2 rings (SSSR count). The number of carbonyl (C=O) groups excluding carboxylic acids is 3. The van der Waals surface area contributed by atoms with Crippen molar-refractivity contribution < 1.29 is 24.2 Å². The number of allylic oxidation sites excluding steroid dienone is 2. The molecule has 2 aromatic carbocycles. The number of aliphatic hydroxyl groups is 1. The van der Waals surface area contributed by atoms with Crippen LogP contribution in [0, 0.1) is 11.8 Å². The zero-order valence-electron chi connectivity index (χ0n) is 20.8. The highest BCUT2D eigenvalue weighted by Gasteiger charge is 2.29. The summed E-state index contributed by atoms with van der Waals surface area (Å²) >= 11 is 0. The Balaban J connectivity index is 2.14. The molecule has 0 radical (unpaired) electrons. The Labute approximate surface area is 213 Å². The maximum absolute atomic E-state index is 13.1. The Kier molecular flexibility index (Phi) is 12.1. The van der Waals surface area contributed by atoms with Crippen LogP contribution in [0.3, 0.4) is 0 Å². The molecule has 1 unspecified atom stereocenters. The number of hydrogen-bond donors (Lipinski definition) is 3. The van der Waals surface area contributed by atoms with E-state index in [2.05, 4.69) is 23.8 Å². The summed E-state index contributed by atoms with van der Waals surface area (Å²) in [6.45, 7) is 8.71. The number of carbonyl (C=O) groups is 3. The Hall–Kier alpha value is -3.71. The van der Waals surface area contributed by atoms with Crippen molar-refractivity contribution in [1.82, 2.24) is 10.6 Å². The third kappa shape index (κ3) is 9.15. The van der Waals surface area contributed by atoms with Crippen molar-refractivity contribution in [2.75, 3.05) is 13.2 Å². The topological polar surface area (TPSA) is 105 Å². The highest BCUT2D eigenvalue weighted by atomic mass is 16.5. The minimum absolute atomic E-state index is 0.0908. The van der Waals surface area contributed by atoms with Crippen LogP contribution in [-0.2, 0) is 25.5 Å². The molecule has 7 nitrogen and oxygen atoms in total. The van der Waals surface area contributed by atoms with E-state index >= 15 is 0 Å². The number of benzene rings is 2. The predicted molar refractivity (Wildman–Crippen MR) is 140 cm³/mol. The lowest BCUT2D eigenvalue weighted by atomic mass is 9.96. The fourth-order valence-electron chi connectivity index (χ4n) is 3.71. The van der Waals surface area contributed by atoms with Crippen LogP contribution in [0.1, 0.15) is 36.9 Å². The van der Waals surface area contributed by atoms with Crippen molar-refractivity contribution in [2.45, 2.75) is 38.3 Å². The standard InChI is InChI=1S/C29H36N2O5/c1-4-12-24(18-22-14-8-6-9-15-22)29(35)36-20-26(23-16-10-7-11-17-23)31-28(34)25(13-5-2)27(33)30-21(3)19-32/h4-11,14-17,21,24-26,32H,1-2,12-13,18-20H2,3H3,(H,30,33)(H,31,34)/t21-,24+,25?,26+/m0/s1. The van der Waals surface area contributed by atoms with E-state index in [0.29, 0.717) is 12.8 Å². The van der Waals surface area contributed by atoms with Gasteiger partial charge in [0.2, 0.25) is 11.8 Å². The summed E-state index contributed by atoms with van der Waals surface area (Å²) in [5.41, 5.74) is 1.76. The largest absolute Gasteiger partial charge is 0.463 e. The van der Waals surface area contributed by atoms with Crippen molar-refractivity contribution >= 4 is 17.8 Å². The van der Waals surface area contributed by atoms with Gasteiger partial charge in [0.1, 0.15) is 12.5 Å². The zero-order valence-corrected chi connectivity index (χ0v) is 20.8. The normalized spacial score (nSPS) is 13.9. The first-order valence-electron chi connectivity index (χ1n) is 12.1. The molecule has 0 spiro atoms. The van der Waals surface area contributed by atoms with Crippen LogP contribution in [0.15, 0.2) is 86.0 Å². The molecule has 0 bridgehead atoms. The number of aliphatic hydroxyl groups excluding tert-OH is 1. The Morgan fingerprint density at radius 1 is 0.917 bits per heavy atom. The molecule has 2 aromatic rings. The smallest absolute Gasteiger partial charge is 0.309 e. The molecular weight excluding hydrogens is 456 g/mol. The van der Waals surface area contributed by atoms with Crippen LogP contribution in [0.4, 0.5) is 0 Å². The van der Waals surface area contributed by atoms with Crippen LogP contribution in [0.5, 0.6) is 0 Å². The van der Waals surface area contributed by atoms with Crippen LogP contribution >= 0.6 is 0 Å². The van der Waals surface area contributed by atoms with Crippen molar-refractivity contribution in [3.05, 3.63) is 97.1 Å². The van der Waals surface area contributed by atoms with E-state index < -0.39 is 35.7 Å². The number of nitrogens with one attached hydrogen (secondary N) is 2. The van der Waals surface area contributed by atoms with Gasteiger partial charge in [0.25, 0.3) is 0 Å². The molecule has 0 aliphatic heterocycles. The Morgan fingerprint density at radius 3 is 2.08 bits per heavy atom. The molecule has 2 amide bonds. The second-order valence-electron chi connectivity index (χ2n) is 8.68. The highest BCUT2D eigenvalue weighted by molar-refractivity contribution is 6.00. The van der Waals surface area contributed by atoms with Crippen molar-refractivity contribution in [3.8, 4) is 0 Å². The summed E-state index contributed by atoms with van der Waals surface area (Å²) in [6.07, 6.45) is 4.28. The van der Waals surface area contributed by atoms with Gasteiger partial charge in [-0.2, -0.15) is 0 Å². The molecule has 0 aliphatic carbocycles. The molecule has 192 valence electrons. The lowest BCUT2D eigenvalue weighted by molar-refractivity contribution is -0.150. The fraction of sp³-hybridized carbons (Fsp3) is 0.345. The third-order valence-corrected chi connectivity index (χ3v) is 5.72. The monoisotopic (exact) mass is 492 g/mol. The molecule has 36 heavy (non-hydrogen) atoms. The van der Waals surface area contributed by atoms with E-state index in [-0.39, 0.29) is 25.6 Å². The molecule has 7 heteroatoms. The number of ether oxygens (including phenoxy) is 1. The van der Waals surface area contributed by atoms with Crippen LogP contribution < -0.4 is 10.6 Å². The van der Waals surface area contributed by atoms with E-state index in [9.17, 15) is 19.5 Å². The first-order chi connectivity index (χ1) is 17.4. The van der Waals surface area contributed by atoms with Gasteiger partial charge in [0.15, 0.2) is 0 Å². The first-order valence-corrected chi connectivity index (χ1v) is 12.1. The molecule has 3 N–H and O–H groups in total. The van der Waals surface area contributed by atoms with Gasteiger partial charge in [0.05, 0.1) is 18.6 Å². The van der Waals surface area contributed by atoms with Crippen molar-refractivity contribution in [3.63, 3.8) is 0 Å². The lowest BCUT2D eigenvalue weighted by Crippen LogP contribution is -2.46. The summed E-state index contributed by atoms with van der Waals surface area (Å²) in [5, 5.41) is 14.7. The van der Waals surface area contributed by atoms with E-state index in [4.69, 9.17) is 4.74 Å². The molecule has 0 aromatic heterocycles. The number of esters is 1. The minimum atomic E-state index is -1.04. The summed E-state index contributed by atoms with van der Waals surface area (Å²) in [6, 6.07) is 17.7. The fourth-order valence-corrected chi connectivity index (χ4v) is 3.71. The maximum atomic E-state index is 13.1. The summed E-state index contributed by atoms with van der Waals surface area (Å²) < 4.78 is 5.67. The summed E-state index contributed by atoms with van der Waals surface area (Å²) in [4.78, 5) is 38.7. The van der Waals surface area contributed by atoms with Gasteiger partial charge in [-0.1, -0.05) is 72.8 Å². The third-order valence-electron chi connectivity index (χ3n) is 5.72. The average Bonchev–Trinajstić information content (AvgIpc) is 2.89. The van der Waals surface area contributed by atoms with Gasteiger partial charge in [-0.05, 0) is 37.3 Å². The molecule has 0 saturated carbocycles. The summed E-state index contributed by atoms with van der Waals surface area (Å²) in [7, 11) is 0. The van der Waals surface area contributed by atoms with Crippen LogP contribution in [0.25, 0.3) is 0 Å². The molecule has 0 aliphatic rings. The minimum Gasteiger partial charge on any atom is -0.463 e. The highest BCUT2D eigenvalue weighted by Crippen LogP contribution is 2.19. The average molecular weight is 493 g/mol. The van der Waals surface area contributed by atoms with E-state index in [1.807, 2.05) is 60.7 Å². The number of hydrogen-bond acceptors (Lipinski definition) is 5. The van der Waals surface area contributed by atoms with Gasteiger partial charge in [-0.25, -0.2) is 0 Å². The summed E-state index contributed by atoms with van der Waals surface area (Å²) in [5.74, 6) is -2.85. The molecule has 4 atom stereocenters. The second-order valence-corrected chi connectivity index (χ2v) is 8.68. The predicted octanol–water partition coefficient (Wildman–Crippen LogP) is 3.51. The van der Waals surface area contributed by atoms with Crippen molar-refractivity contribution in [1.29, 1.82) is 0 Å². The lowest BCUT2D eigenvalue weighted by Gasteiger charge is -2.24. The number of amides is 2. The van der Waals surface area contributed by atoms with E-state index in [1.165, 1.54) is 6.08 Å². The number of rotatable bonds is 15. The molecule has 0 fully saturated rings. The van der Waals surface area contributed by atoms with E-state index in [1.54, 1.807) is 13.0 Å². The quantitative estimate of drug-likeness (QED) is 0.201. The van der Waals surface area contributed by atoms with Gasteiger partial charge < -0.3 is 20.5 Å². The van der Waals surface area contributed by atoms with Crippen LogP contribution in [-0.4, -0.2) is 42.1 Å². The SMILES string of the molecule is C=CCC(C(=O)N[C@@H](C)CO)C(=O)N[C@H](COC(=O)[C@H](CC=C)Cc1ccccc1)c1ccccc1. The second kappa shape index (κ2) is 15.3. The van der Waals surface area contributed by atoms with Gasteiger partial charge in [0, 0.05) is 6.04 Å². The Bertz CT molecular complexity index is 993. The van der Waals surface area contributed by atoms with Gasteiger partial charge in [-0.15, -0.1) is 13.2 Å². The molecule has 0 heterocycles. The van der Waals surface area contributed by atoms with E-state index in [0.717, 1.165) is 11.1 Å². The van der Waals surface area contributed by atoms with Gasteiger partial charge >= 0.3 is 5.97 Å². The van der Waals surface area contributed by atoms with Crippen molar-refractivity contribution in [2.24, 2.45) is 11.8 Å². The first kappa shape index (κ1) is 28.5. The molecule has 0 saturated heterocycles. The van der Waals surface area contributed by atoms with Gasteiger partial charge in [-0.3, -0.25) is 14.4 Å². The van der Waals surface area contributed by atoms with Crippen LogP contribution in [0.2, 0.25) is 0 Å². The zero-order chi connectivity index (χ0) is 26.3. The Morgan fingerprint density at radius 2 is 1.50 bits per heavy atom. The molecular formula is C29H36N2O5.